The molecule has 0 aromatic heterocycles. The smallest absolute Gasteiger partial charge is 0.267 e. The third-order valence-corrected chi connectivity index (χ3v) is 6.27. The van der Waals surface area contributed by atoms with E-state index in [1.54, 1.807) is 11.8 Å². The van der Waals surface area contributed by atoms with E-state index in [9.17, 15) is 9.59 Å². The minimum atomic E-state index is -0.518. The van der Waals surface area contributed by atoms with Gasteiger partial charge in [0.05, 0.1) is 5.69 Å². The number of carbonyl (C=O) groups is 2. The summed E-state index contributed by atoms with van der Waals surface area (Å²) in [6.45, 7) is 3.80. The number of ether oxygens (including phenoxy) is 1. The standard InChI is InChI=1S/C25H30N2O3/c1-19-25(29)27(22-9-5-6-10-23(22)30-19)18-15-24(28)26-16-13-21(14-17-26)12-11-20-7-3-2-4-8-20/h2-10,19,21H,11-18H2,1H3. The molecule has 4 rings (SSSR count). The number of amides is 2. The van der Waals surface area contributed by atoms with Crippen LogP contribution in [0.15, 0.2) is 54.6 Å². The molecule has 30 heavy (non-hydrogen) atoms. The van der Waals surface area contributed by atoms with Crippen LogP contribution >= 0.6 is 0 Å². The molecule has 158 valence electrons. The highest BCUT2D eigenvalue weighted by Crippen LogP contribution is 2.33. The predicted molar refractivity (Wildman–Crippen MR) is 118 cm³/mol. The molecule has 2 heterocycles. The molecule has 1 atom stereocenters. The zero-order valence-corrected chi connectivity index (χ0v) is 17.6. The highest BCUT2D eigenvalue weighted by molar-refractivity contribution is 6.00. The van der Waals surface area contributed by atoms with Crippen LogP contribution in [0.2, 0.25) is 0 Å². The summed E-state index contributed by atoms with van der Waals surface area (Å²) in [6, 6.07) is 18.1. The van der Waals surface area contributed by atoms with Gasteiger partial charge in [-0.1, -0.05) is 42.5 Å². The summed E-state index contributed by atoms with van der Waals surface area (Å²) in [4.78, 5) is 29.0. The Bertz CT molecular complexity index is 875. The number of carbonyl (C=O) groups excluding carboxylic acids is 2. The lowest BCUT2D eigenvalue weighted by atomic mass is 9.90. The number of nitrogens with zero attached hydrogens (tertiary/aromatic N) is 2. The zero-order valence-electron chi connectivity index (χ0n) is 17.6. The Balaban J connectivity index is 1.26. The van der Waals surface area contributed by atoms with Gasteiger partial charge in [-0.2, -0.15) is 0 Å². The molecule has 5 nitrogen and oxygen atoms in total. The van der Waals surface area contributed by atoms with Crippen LogP contribution in [0, 0.1) is 5.92 Å². The minimum absolute atomic E-state index is 0.0823. The van der Waals surface area contributed by atoms with Crippen molar-refractivity contribution in [1.29, 1.82) is 0 Å². The molecule has 1 saturated heterocycles. The van der Waals surface area contributed by atoms with Gasteiger partial charge in [-0.3, -0.25) is 9.59 Å². The van der Waals surface area contributed by atoms with Gasteiger partial charge < -0.3 is 14.5 Å². The van der Waals surface area contributed by atoms with E-state index in [1.807, 2.05) is 29.2 Å². The van der Waals surface area contributed by atoms with Crippen LogP contribution in [-0.4, -0.2) is 42.5 Å². The molecular weight excluding hydrogens is 376 g/mol. The van der Waals surface area contributed by atoms with Gasteiger partial charge in [0.15, 0.2) is 6.10 Å². The SMILES string of the molecule is CC1Oc2ccccc2N(CCC(=O)N2CCC(CCc3ccccc3)CC2)C1=O. The van der Waals surface area contributed by atoms with Gasteiger partial charge in [0.25, 0.3) is 5.91 Å². The first-order valence-corrected chi connectivity index (χ1v) is 11.0. The Morgan fingerprint density at radius 3 is 2.50 bits per heavy atom. The second kappa shape index (κ2) is 9.33. The zero-order chi connectivity index (χ0) is 20.9. The van der Waals surface area contributed by atoms with Crippen molar-refractivity contribution in [3.05, 3.63) is 60.2 Å². The minimum Gasteiger partial charge on any atom is -0.479 e. The molecule has 0 saturated carbocycles. The van der Waals surface area contributed by atoms with Crippen LogP contribution in [-0.2, 0) is 16.0 Å². The van der Waals surface area contributed by atoms with E-state index in [1.165, 1.54) is 12.0 Å². The number of rotatable bonds is 6. The Hall–Kier alpha value is -2.82. The Kier molecular flexibility index (Phi) is 6.36. The number of hydrogen-bond acceptors (Lipinski definition) is 3. The molecule has 2 aromatic rings. The molecule has 2 aliphatic rings. The summed E-state index contributed by atoms with van der Waals surface area (Å²) < 4.78 is 5.68. The van der Waals surface area contributed by atoms with E-state index in [0.717, 1.165) is 38.0 Å². The topological polar surface area (TPSA) is 49.9 Å². The average Bonchev–Trinajstić information content (AvgIpc) is 2.79. The number of piperidine rings is 1. The van der Waals surface area contributed by atoms with Gasteiger partial charge in [-0.15, -0.1) is 0 Å². The molecule has 0 spiro atoms. The molecule has 0 bridgehead atoms. The third kappa shape index (κ3) is 4.66. The molecular formula is C25H30N2O3. The van der Waals surface area contributed by atoms with Gasteiger partial charge in [-0.05, 0) is 56.2 Å². The lowest BCUT2D eigenvalue weighted by molar-refractivity contribution is -0.132. The molecule has 1 fully saturated rings. The van der Waals surface area contributed by atoms with Crippen LogP contribution in [0.1, 0.15) is 38.2 Å². The first kappa shape index (κ1) is 20.5. The van der Waals surface area contributed by atoms with Crippen molar-refractivity contribution in [3.63, 3.8) is 0 Å². The van der Waals surface area contributed by atoms with Crippen molar-refractivity contribution in [2.45, 2.75) is 45.1 Å². The van der Waals surface area contributed by atoms with Crippen molar-refractivity contribution < 1.29 is 14.3 Å². The number of aryl methyl sites for hydroxylation is 1. The van der Waals surface area contributed by atoms with Crippen molar-refractivity contribution in [3.8, 4) is 5.75 Å². The normalized spacial score (nSPS) is 19.4. The second-order valence-electron chi connectivity index (χ2n) is 8.32. The van der Waals surface area contributed by atoms with E-state index in [4.69, 9.17) is 4.74 Å². The Labute approximate surface area is 178 Å². The van der Waals surface area contributed by atoms with Gasteiger partial charge in [0.1, 0.15) is 5.75 Å². The average molecular weight is 407 g/mol. The third-order valence-electron chi connectivity index (χ3n) is 6.27. The van der Waals surface area contributed by atoms with E-state index in [2.05, 4.69) is 30.3 Å². The van der Waals surface area contributed by atoms with Crippen molar-refractivity contribution in [2.24, 2.45) is 5.92 Å². The summed E-state index contributed by atoms with van der Waals surface area (Å²) in [5, 5.41) is 0. The fraction of sp³-hybridized carbons (Fsp3) is 0.440. The maximum atomic E-state index is 12.8. The monoisotopic (exact) mass is 406 g/mol. The summed E-state index contributed by atoms with van der Waals surface area (Å²) in [5.41, 5.74) is 2.15. The fourth-order valence-electron chi connectivity index (χ4n) is 4.44. The molecule has 2 amide bonds. The number of likely N-dealkylation sites (tertiary alicyclic amines) is 1. The van der Waals surface area contributed by atoms with Gasteiger partial charge in [0.2, 0.25) is 5.91 Å². The van der Waals surface area contributed by atoms with Crippen molar-refractivity contribution in [2.75, 3.05) is 24.5 Å². The van der Waals surface area contributed by atoms with Crippen LogP contribution < -0.4 is 9.64 Å². The van der Waals surface area contributed by atoms with Crippen LogP contribution in [0.25, 0.3) is 0 Å². The lowest BCUT2D eigenvalue weighted by Gasteiger charge is -2.35. The maximum Gasteiger partial charge on any atom is 0.267 e. The fourth-order valence-corrected chi connectivity index (χ4v) is 4.44. The summed E-state index contributed by atoms with van der Waals surface area (Å²) >= 11 is 0. The quantitative estimate of drug-likeness (QED) is 0.727. The number of fused-ring (bicyclic) bond motifs is 1. The summed E-state index contributed by atoms with van der Waals surface area (Å²) in [5.74, 6) is 1.45. The van der Waals surface area contributed by atoms with E-state index < -0.39 is 6.10 Å². The largest absolute Gasteiger partial charge is 0.479 e. The number of para-hydroxylation sites is 2. The van der Waals surface area contributed by atoms with Crippen LogP contribution in [0.3, 0.4) is 0 Å². The van der Waals surface area contributed by atoms with Gasteiger partial charge >= 0.3 is 0 Å². The predicted octanol–water partition coefficient (Wildman–Crippen LogP) is 4.06. The number of benzene rings is 2. The van der Waals surface area contributed by atoms with Gasteiger partial charge in [0, 0.05) is 26.1 Å². The maximum absolute atomic E-state index is 12.8. The molecule has 0 N–H and O–H groups in total. The Morgan fingerprint density at radius 2 is 1.73 bits per heavy atom. The summed E-state index contributed by atoms with van der Waals surface area (Å²) in [6.07, 6.45) is 4.25. The highest BCUT2D eigenvalue weighted by atomic mass is 16.5. The molecule has 5 heteroatoms. The van der Waals surface area contributed by atoms with E-state index >= 15 is 0 Å². The second-order valence-corrected chi connectivity index (χ2v) is 8.32. The molecule has 2 aromatic carbocycles. The molecule has 0 radical (unpaired) electrons. The first-order valence-electron chi connectivity index (χ1n) is 11.0. The lowest BCUT2D eigenvalue weighted by Crippen LogP contribution is -2.46. The van der Waals surface area contributed by atoms with Crippen molar-refractivity contribution >= 4 is 17.5 Å². The summed E-state index contributed by atoms with van der Waals surface area (Å²) in [7, 11) is 0. The molecule has 0 aliphatic carbocycles. The Morgan fingerprint density at radius 1 is 1.03 bits per heavy atom. The first-order chi connectivity index (χ1) is 14.6. The van der Waals surface area contributed by atoms with Gasteiger partial charge in [-0.25, -0.2) is 0 Å². The molecule has 2 aliphatic heterocycles. The van der Waals surface area contributed by atoms with Crippen molar-refractivity contribution in [1.82, 2.24) is 4.90 Å². The van der Waals surface area contributed by atoms with E-state index in [-0.39, 0.29) is 11.8 Å². The highest BCUT2D eigenvalue weighted by Gasteiger charge is 2.32. The number of hydrogen-bond donors (Lipinski definition) is 0. The molecule has 1 unspecified atom stereocenters. The van der Waals surface area contributed by atoms with Crippen LogP contribution in [0.4, 0.5) is 5.69 Å². The van der Waals surface area contributed by atoms with E-state index in [0.29, 0.717) is 24.6 Å². The van der Waals surface area contributed by atoms with Crippen LogP contribution in [0.5, 0.6) is 5.75 Å². The number of anilines is 1.